The molecular weight excluding hydrogens is 213 g/mol. The van der Waals surface area contributed by atoms with Gasteiger partial charge in [0.05, 0.1) is 10.6 Å². The first-order valence-electron chi connectivity index (χ1n) is 4.02. The third-order valence-electron chi connectivity index (χ3n) is 1.86. The summed E-state index contributed by atoms with van der Waals surface area (Å²) >= 11 is 5.63. The van der Waals surface area contributed by atoms with Gasteiger partial charge in [-0.05, 0) is 24.5 Å². The fraction of sp³-hybridized carbons (Fsp3) is 0.300. The predicted octanol–water partition coefficient (Wildman–Crippen LogP) is 4.30. The van der Waals surface area contributed by atoms with Gasteiger partial charge in [0, 0.05) is 0 Å². The molecule has 1 rings (SSSR count). The summed E-state index contributed by atoms with van der Waals surface area (Å²) in [6, 6.07) is 3.86. The van der Waals surface area contributed by atoms with E-state index in [2.05, 4.69) is 6.92 Å². The van der Waals surface area contributed by atoms with E-state index in [1.54, 1.807) is 13.0 Å². The van der Waals surface area contributed by atoms with Crippen molar-refractivity contribution >= 4 is 11.6 Å². The minimum absolute atomic E-state index is 0.248. The topological polar surface area (TPSA) is 0 Å². The van der Waals surface area contributed by atoms with E-state index in [-0.39, 0.29) is 10.9 Å². The Morgan fingerprint density at radius 3 is 2.36 bits per heavy atom. The maximum atomic E-state index is 12.4. The van der Waals surface area contributed by atoms with Crippen LogP contribution in [0.15, 0.2) is 18.2 Å². The third-order valence-corrected chi connectivity index (χ3v) is 2.29. The van der Waals surface area contributed by atoms with Crippen molar-refractivity contribution in [3.05, 3.63) is 41.3 Å². The lowest BCUT2D eigenvalue weighted by Crippen LogP contribution is -2.07. The van der Waals surface area contributed by atoms with E-state index in [0.29, 0.717) is 5.56 Å². The van der Waals surface area contributed by atoms with Crippen LogP contribution in [0, 0.1) is 6.92 Å². The van der Waals surface area contributed by atoms with Crippen molar-refractivity contribution in [1.29, 1.82) is 0 Å². The molecule has 0 aliphatic rings. The summed E-state index contributed by atoms with van der Waals surface area (Å²) in [5, 5.41) is -0.248. The quantitative estimate of drug-likeness (QED) is 0.663. The van der Waals surface area contributed by atoms with Crippen LogP contribution >= 0.6 is 11.6 Å². The van der Waals surface area contributed by atoms with E-state index >= 15 is 0 Å². The molecule has 0 aliphatic heterocycles. The molecule has 0 fully saturated rings. The van der Waals surface area contributed by atoms with Gasteiger partial charge in [0.15, 0.2) is 0 Å². The van der Waals surface area contributed by atoms with Crippen molar-refractivity contribution in [2.75, 3.05) is 0 Å². The molecule has 0 saturated heterocycles. The monoisotopic (exact) mass is 221 g/mol. The van der Waals surface area contributed by atoms with Gasteiger partial charge in [-0.1, -0.05) is 30.7 Å². The Kier molecular flexibility index (Phi) is 3.10. The van der Waals surface area contributed by atoms with Gasteiger partial charge in [-0.2, -0.15) is 13.2 Å². The van der Waals surface area contributed by atoms with Crippen LogP contribution in [0.4, 0.5) is 13.2 Å². The molecule has 4 heteroatoms. The zero-order valence-electron chi connectivity index (χ0n) is 7.53. The fourth-order valence-electron chi connectivity index (χ4n) is 1.15. The second-order valence-corrected chi connectivity index (χ2v) is 3.49. The van der Waals surface area contributed by atoms with Crippen LogP contribution in [0.2, 0.25) is 5.02 Å². The minimum atomic E-state index is -4.40. The van der Waals surface area contributed by atoms with Crippen molar-refractivity contribution in [3.8, 4) is 0 Å². The molecule has 77 valence electrons. The van der Waals surface area contributed by atoms with Gasteiger partial charge in [0.1, 0.15) is 0 Å². The number of hydrogen-bond donors (Lipinski definition) is 0. The molecule has 1 aromatic carbocycles. The molecule has 0 amide bonds. The van der Waals surface area contributed by atoms with Crippen LogP contribution in [0.1, 0.15) is 24.0 Å². The van der Waals surface area contributed by atoms with Gasteiger partial charge in [-0.3, -0.25) is 0 Å². The van der Waals surface area contributed by atoms with Gasteiger partial charge in [-0.25, -0.2) is 0 Å². The zero-order valence-corrected chi connectivity index (χ0v) is 8.28. The normalized spacial score (nSPS) is 12.2. The van der Waals surface area contributed by atoms with Gasteiger partial charge >= 0.3 is 6.18 Å². The number of rotatable bonds is 1. The SMILES string of the molecule is [CH2]C(C)c1cccc(C(F)(F)F)c1Cl. The number of hydrogen-bond acceptors (Lipinski definition) is 0. The van der Waals surface area contributed by atoms with Crippen molar-refractivity contribution in [2.24, 2.45) is 0 Å². The Hall–Kier alpha value is -0.700. The summed E-state index contributed by atoms with van der Waals surface area (Å²) in [5.41, 5.74) is -0.381. The Balaban J connectivity index is 3.28. The number of halogens is 4. The number of alkyl halides is 3. The smallest absolute Gasteiger partial charge is 0.166 e. The molecule has 1 aromatic rings. The fourth-order valence-corrected chi connectivity index (χ4v) is 1.57. The van der Waals surface area contributed by atoms with Crippen LogP contribution in [0.5, 0.6) is 0 Å². The Morgan fingerprint density at radius 2 is 1.93 bits per heavy atom. The molecule has 0 nitrogen and oxygen atoms in total. The Labute approximate surface area is 85.7 Å². The largest absolute Gasteiger partial charge is 0.417 e. The molecule has 1 atom stereocenters. The van der Waals surface area contributed by atoms with E-state index in [1.165, 1.54) is 6.07 Å². The van der Waals surface area contributed by atoms with E-state index < -0.39 is 11.7 Å². The molecule has 0 aliphatic carbocycles. The van der Waals surface area contributed by atoms with Gasteiger partial charge < -0.3 is 0 Å². The summed E-state index contributed by atoms with van der Waals surface area (Å²) in [5.74, 6) is -0.259. The van der Waals surface area contributed by atoms with E-state index in [4.69, 9.17) is 11.6 Å². The summed E-state index contributed by atoms with van der Waals surface area (Å²) in [6.07, 6.45) is -4.40. The Bertz CT molecular complexity index is 329. The van der Waals surface area contributed by atoms with Crippen molar-refractivity contribution in [3.63, 3.8) is 0 Å². The predicted molar refractivity (Wildman–Crippen MR) is 50.2 cm³/mol. The molecule has 1 unspecified atom stereocenters. The second kappa shape index (κ2) is 3.81. The molecule has 0 bridgehead atoms. The highest BCUT2D eigenvalue weighted by Crippen LogP contribution is 2.37. The highest BCUT2D eigenvalue weighted by Gasteiger charge is 2.33. The first kappa shape index (κ1) is 11.4. The number of benzene rings is 1. The third kappa shape index (κ3) is 2.21. The first-order valence-corrected chi connectivity index (χ1v) is 4.40. The molecule has 0 N–H and O–H groups in total. The maximum absolute atomic E-state index is 12.4. The molecule has 0 heterocycles. The second-order valence-electron chi connectivity index (χ2n) is 3.11. The standard InChI is InChI=1S/C10H9ClF3/c1-6(2)7-4-3-5-8(9(7)11)10(12,13)14/h3-6H,1H2,2H3. The molecule has 14 heavy (non-hydrogen) atoms. The van der Waals surface area contributed by atoms with Crippen molar-refractivity contribution in [2.45, 2.75) is 19.0 Å². The lowest BCUT2D eigenvalue weighted by Gasteiger charge is -2.13. The minimum Gasteiger partial charge on any atom is -0.166 e. The maximum Gasteiger partial charge on any atom is 0.417 e. The van der Waals surface area contributed by atoms with Crippen LogP contribution in [0.3, 0.4) is 0 Å². The highest BCUT2D eigenvalue weighted by atomic mass is 35.5. The summed E-state index contributed by atoms with van der Waals surface area (Å²) in [7, 11) is 0. The van der Waals surface area contributed by atoms with Crippen LogP contribution in [0.25, 0.3) is 0 Å². The average molecular weight is 222 g/mol. The zero-order chi connectivity index (χ0) is 10.9. The van der Waals surface area contributed by atoms with Crippen LogP contribution in [-0.4, -0.2) is 0 Å². The average Bonchev–Trinajstić information content (AvgIpc) is 2.01. The van der Waals surface area contributed by atoms with Gasteiger partial charge in [0.25, 0.3) is 0 Å². The van der Waals surface area contributed by atoms with Crippen molar-refractivity contribution < 1.29 is 13.2 Å². The van der Waals surface area contributed by atoms with E-state index in [0.717, 1.165) is 6.07 Å². The summed E-state index contributed by atoms with van der Waals surface area (Å²) in [6.45, 7) is 5.34. The Morgan fingerprint density at radius 1 is 1.36 bits per heavy atom. The molecule has 0 spiro atoms. The van der Waals surface area contributed by atoms with E-state index in [1.807, 2.05) is 0 Å². The summed E-state index contributed by atoms with van der Waals surface area (Å²) in [4.78, 5) is 0. The highest BCUT2D eigenvalue weighted by molar-refractivity contribution is 6.32. The van der Waals surface area contributed by atoms with Gasteiger partial charge in [0.2, 0.25) is 0 Å². The van der Waals surface area contributed by atoms with Crippen LogP contribution < -0.4 is 0 Å². The molecule has 0 saturated carbocycles. The van der Waals surface area contributed by atoms with Crippen LogP contribution in [-0.2, 0) is 6.18 Å². The van der Waals surface area contributed by atoms with E-state index in [9.17, 15) is 13.2 Å². The first-order chi connectivity index (χ1) is 6.34. The molecular formula is C10H9ClF3. The molecule has 1 radical (unpaired) electrons. The lowest BCUT2D eigenvalue weighted by molar-refractivity contribution is -0.137. The van der Waals surface area contributed by atoms with Crippen molar-refractivity contribution in [1.82, 2.24) is 0 Å². The summed E-state index contributed by atoms with van der Waals surface area (Å²) < 4.78 is 37.2. The molecule has 0 aromatic heterocycles. The lowest BCUT2D eigenvalue weighted by atomic mass is 10.0. The van der Waals surface area contributed by atoms with Gasteiger partial charge in [-0.15, -0.1) is 0 Å².